The summed E-state index contributed by atoms with van der Waals surface area (Å²) in [5, 5.41) is 0. The maximum atomic E-state index is 11.9. The number of carbonyl (C=O) groups is 1. The van der Waals surface area contributed by atoms with Crippen LogP contribution in [0.5, 0.6) is 0 Å². The molecule has 0 aromatic carbocycles. The minimum atomic E-state index is -3.59. The molecule has 0 fully saturated rings. The fourth-order valence-corrected chi connectivity index (χ4v) is 2.35. The zero-order chi connectivity index (χ0) is 14.0. The molecule has 6 nitrogen and oxygen atoms in total. The van der Waals surface area contributed by atoms with Gasteiger partial charge in [-0.25, -0.2) is 9.36 Å². The molecule has 18 heavy (non-hydrogen) atoms. The Balaban J connectivity index is 2.91. The fraction of sp³-hybridized carbons (Fsp3) is 0.727. The number of hydrogen-bond acceptors (Lipinski definition) is 6. The third-order valence-corrected chi connectivity index (χ3v) is 3.59. The fourth-order valence-electron chi connectivity index (χ4n) is 1.36. The zero-order valence-electron chi connectivity index (χ0n) is 11.3. The monoisotopic (exact) mass is 278 g/mol. The minimum Gasteiger partial charge on any atom is -0.457 e. The second kappa shape index (κ2) is 5.43. The van der Waals surface area contributed by atoms with Gasteiger partial charge in [0.2, 0.25) is 0 Å². The van der Waals surface area contributed by atoms with Gasteiger partial charge in [-0.05, 0) is 27.7 Å². The summed E-state index contributed by atoms with van der Waals surface area (Å²) in [6.07, 6.45) is 0.272. The van der Waals surface area contributed by atoms with Crippen molar-refractivity contribution in [1.82, 2.24) is 0 Å². The molecule has 1 rings (SSSR count). The lowest BCUT2D eigenvalue weighted by Crippen LogP contribution is -2.25. The van der Waals surface area contributed by atoms with E-state index in [1.807, 2.05) is 0 Å². The molecule has 1 unspecified atom stereocenters. The Hall–Kier alpha value is -0.840. The van der Waals surface area contributed by atoms with Gasteiger partial charge in [0.15, 0.2) is 0 Å². The Morgan fingerprint density at radius 3 is 2.50 bits per heavy atom. The maximum Gasteiger partial charge on any atom is 0.529 e. The molecule has 0 aliphatic carbocycles. The molecule has 0 aromatic rings. The highest BCUT2D eigenvalue weighted by molar-refractivity contribution is 7.48. The number of carbonyl (C=O) groups excluding carboxylic acids is 1. The summed E-state index contributed by atoms with van der Waals surface area (Å²) in [7, 11) is -2.36. The van der Waals surface area contributed by atoms with Crippen molar-refractivity contribution in [3.05, 3.63) is 11.3 Å². The predicted molar refractivity (Wildman–Crippen MR) is 64.8 cm³/mol. The van der Waals surface area contributed by atoms with Crippen LogP contribution in [0.4, 0.5) is 0 Å². The van der Waals surface area contributed by atoms with Gasteiger partial charge in [-0.2, -0.15) is 0 Å². The van der Waals surface area contributed by atoms with Crippen molar-refractivity contribution in [1.29, 1.82) is 0 Å². The molecule has 1 heterocycles. The summed E-state index contributed by atoms with van der Waals surface area (Å²) in [6.45, 7) is 6.94. The summed E-state index contributed by atoms with van der Waals surface area (Å²) in [6, 6.07) is 0. The number of hydrogen-bond donors (Lipinski definition) is 0. The second-order valence-electron chi connectivity index (χ2n) is 4.84. The lowest BCUT2D eigenvalue weighted by atomic mass is 10.1. The van der Waals surface area contributed by atoms with Crippen molar-refractivity contribution in [3.63, 3.8) is 0 Å². The number of ether oxygens (including phenoxy) is 1. The van der Waals surface area contributed by atoms with Gasteiger partial charge in [0.1, 0.15) is 11.4 Å². The smallest absolute Gasteiger partial charge is 0.457 e. The van der Waals surface area contributed by atoms with E-state index in [0.717, 1.165) is 0 Å². The topological polar surface area (TPSA) is 71.1 Å². The first kappa shape index (κ1) is 15.2. The maximum absolute atomic E-state index is 11.9. The number of rotatable bonds is 2. The van der Waals surface area contributed by atoms with E-state index in [1.54, 1.807) is 27.7 Å². The molecular formula is C11H19O6P. The van der Waals surface area contributed by atoms with Crippen LogP contribution in [-0.2, 0) is 27.7 Å². The van der Waals surface area contributed by atoms with Crippen LogP contribution in [0.15, 0.2) is 11.3 Å². The highest BCUT2D eigenvalue weighted by Crippen LogP contribution is 2.52. The van der Waals surface area contributed by atoms with Crippen molar-refractivity contribution in [3.8, 4) is 0 Å². The Kier molecular flexibility index (Phi) is 4.59. The van der Waals surface area contributed by atoms with Crippen molar-refractivity contribution < 1.29 is 27.7 Å². The molecule has 0 saturated heterocycles. The van der Waals surface area contributed by atoms with Crippen molar-refractivity contribution >= 4 is 13.8 Å². The van der Waals surface area contributed by atoms with Gasteiger partial charge in [0, 0.05) is 13.5 Å². The summed E-state index contributed by atoms with van der Waals surface area (Å²) in [5.74, 6) is -0.278. The van der Waals surface area contributed by atoms with E-state index in [9.17, 15) is 9.36 Å². The SMILES string of the molecule is COP1(=O)OCCC(C(=O)OC(C)(C)C)=C(C)O1. The van der Waals surface area contributed by atoms with Crippen molar-refractivity contribution in [2.45, 2.75) is 39.7 Å². The average Bonchev–Trinajstić information content (AvgIpc) is 2.35. The average molecular weight is 278 g/mol. The van der Waals surface area contributed by atoms with Crippen LogP contribution in [0.2, 0.25) is 0 Å². The van der Waals surface area contributed by atoms with Gasteiger partial charge >= 0.3 is 13.8 Å². The molecule has 0 N–H and O–H groups in total. The predicted octanol–water partition coefficient (Wildman–Crippen LogP) is 2.79. The van der Waals surface area contributed by atoms with Gasteiger partial charge in [-0.1, -0.05) is 0 Å². The quantitative estimate of drug-likeness (QED) is 0.571. The van der Waals surface area contributed by atoms with Crippen LogP contribution in [-0.4, -0.2) is 25.3 Å². The first-order chi connectivity index (χ1) is 8.17. The van der Waals surface area contributed by atoms with E-state index in [2.05, 4.69) is 4.52 Å². The van der Waals surface area contributed by atoms with Crippen LogP contribution in [0.25, 0.3) is 0 Å². The molecule has 1 atom stereocenters. The van der Waals surface area contributed by atoms with E-state index in [4.69, 9.17) is 13.8 Å². The van der Waals surface area contributed by atoms with Gasteiger partial charge in [0.05, 0.1) is 12.2 Å². The number of esters is 1. The van der Waals surface area contributed by atoms with E-state index in [1.165, 1.54) is 7.11 Å². The van der Waals surface area contributed by atoms with Crippen molar-refractivity contribution in [2.75, 3.05) is 13.7 Å². The highest BCUT2D eigenvalue weighted by atomic mass is 31.2. The van der Waals surface area contributed by atoms with Crippen LogP contribution in [0.3, 0.4) is 0 Å². The Labute approximate surface area is 107 Å². The molecule has 104 valence electrons. The zero-order valence-corrected chi connectivity index (χ0v) is 12.2. The number of phosphoric ester groups is 1. The van der Waals surface area contributed by atoms with E-state index in [0.29, 0.717) is 5.57 Å². The first-order valence-corrected chi connectivity index (χ1v) is 7.06. The Bertz CT molecular complexity index is 406. The van der Waals surface area contributed by atoms with E-state index < -0.39 is 19.4 Å². The van der Waals surface area contributed by atoms with Gasteiger partial charge < -0.3 is 9.26 Å². The summed E-state index contributed by atoms with van der Waals surface area (Å²) >= 11 is 0. The molecule has 7 heteroatoms. The minimum absolute atomic E-state index is 0.0804. The van der Waals surface area contributed by atoms with Gasteiger partial charge in [-0.15, -0.1) is 0 Å². The largest absolute Gasteiger partial charge is 0.529 e. The molecule has 0 bridgehead atoms. The molecule has 1 aliphatic rings. The van der Waals surface area contributed by atoms with Gasteiger partial charge in [0.25, 0.3) is 0 Å². The highest BCUT2D eigenvalue weighted by Gasteiger charge is 2.33. The van der Waals surface area contributed by atoms with Crippen molar-refractivity contribution in [2.24, 2.45) is 0 Å². The summed E-state index contributed by atoms with van der Waals surface area (Å²) in [5.41, 5.74) is -0.276. The van der Waals surface area contributed by atoms with Crippen LogP contribution in [0.1, 0.15) is 34.1 Å². The lowest BCUT2D eigenvalue weighted by molar-refractivity contribution is -0.150. The normalized spacial score (nSPS) is 25.4. The molecule has 1 aliphatic heterocycles. The molecular weight excluding hydrogens is 259 g/mol. The molecule has 0 radical (unpaired) electrons. The van der Waals surface area contributed by atoms with Crippen LogP contribution < -0.4 is 0 Å². The number of allylic oxidation sites excluding steroid dienone is 1. The Morgan fingerprint density at radius 1 is 1.39 bits per heavy atom. The molecule has 0 saturated carbocycles. The van der Waals surface area contributed by atoms with Crippen LogP contribution >= 0.6 is 7.82 Å². The Morgan fingerprint density at radius 2 is 2.00 bits per heavy atom. The van der Waals surface area contributed by atoms with Gasteiger partial charge in [-0.3, -0.25) is 9.05 Å². The molecule has 0 amide bonds. The van der Waals surface area contributed by atoms with E-state index in [-0.39, 0.29) is 18.8 Å². The standard InChI is InChI=1S/C11H19O6P/c1-8-9(10(12)16-11(2,3)4)6-7-15-18(13,14-5)17-8/h6-7H2,1-5H3. The lowest BCUT2D eigenvalue weighted by Gasteiger charge is -2.20. The third kappa shape index (κ3) is 4.12. The number of phosphoric acid groups is 1. The second-order valence-corrected chi connectivity index (χ2v) is 6.54. The summed E-state index contributed by atoms with van der Waals surface area (Å²) < 4.78 is 31.8. The van der Waals surface area contributed by atoms with E-state index >= 15 is 0 Å². The first-order valence-electron chi connectivity index (χ1n) is 5.60. The molecule has 0 spiro atoms. The molecule has 0 aromatic heterocycles. The third-order valence-electron chi connectivity index (χ3n) is 2.14. The summed E-state index contributed by atoms with van der Waals surface area (Å²) in [4.78, 5) is 11.9. The van der Waals surface area contributed by atoms with Crippen LogP contribution in [0, 0.1) is 0 Å².